The smallest absolute Gasteiger partial charge is 0.285 e. The van der Waals surface area contributed by atoms with Gasteiger partial charge in [-0.25, -0.2) is 0 Å². The second-order valence-corrected chi connectivity index (χ2v) is 3.20. The van der Waals surface area contributed by atoms with Gasteiger partial charge in [-0.1, -0.05) is 6.07 Å². The zero-order valence-corrected chi connectivity index (χ0v) is 9.73. The number of nitro groups is 1. The van der Waals surface area contributed by atoms with E-state index < -0.39 is 10.8 Å². The summed E-state index contributed by atoms with van der Waals surface area (Å²) in [5, 5.41) is 13.4. The van der Waals surface area contributed by atoms with Gasteiger partial charge in [0, 0.05) is 12.6 Å². The lowest BCUT2D eigenvalue weighted by Gasteiger charge is -2.09. The van der Waals surface area contributed by atoms with E-state index in [1.54, 1.807) is 19.9 Å². The Kier molecular flexibility index (Phi) is 4.45. The maximum Gasteiger partial charge on any atom is 0.285 e. The van der Waals surface area contributed by atoms with E-state index in [4.69, 9.17) is 4.74 Å². The van der Waals surface area contributed by atoms with Crippen molar-refractivity contribution in [1.29, 1.82) is 0 Å². The number of nitrogens with zero attached hydrogens (tertiary/aromatic N) is 1. The topological polar surface area (TPSA) is 81.5 Å². The summed E-state index contributed by atoms with van der Waals surface area (Å²) in [6.07, 6.45) is 0. The van der Waals surface area contributed by atoms with Crippen LogP contribution in [0.1, 0.15) is 24.2 Å². The SMILES string of the molecule is CCNC(=O)c1c(OCC)cccc1[N+](=O)[O-]. The molecule has 0 saturated carbocycles. The minimum atomic E-state index is -0.590. The lowest BCUT2D eigenvalue weighted by Crippen LogP contribution is -2.24. The molecule has 1 amide bonds. The van der Waals surface area contributed by atoms with Crippen LogP contribution in [0.15, 0.2) is 18.2 Å². The average molecular weight is 238 g/mol. The van der Waals surface area contributed by atoms with Crippen molar-refractivity contribution in [1.82, 2.24) is 5.32 Å². The van der Waals surface area contributed by atoms with Crippen LogP contribution in [0.25, 0.3) is 0 Å². The average Bonchev–Trinajstić information content (AvgIpc) is 2.29. The molecule has 0 radical (unpaired) electrons. The fourth-order valence-electron chi connectivity index (χ4n) is 1.42. The van der Waals surface area contributed by atoms with Gasteiger partial charge in [-0.05, 0) is 19.9 Å². The Morgan fingerprint density at radius 1 is 1.47 bits per heavy atom. The second kappa shape index (κ2) is 5.83. The Balaban J connectivity index is 3.27. The Labute approximate surface area is 98.7 Å². The highest BCUT2D eigenvalue weighted by molar-refractivity contribution is 6.00. The lowest BCUT2D eigenvalue weighted by atomic mass is 10.1. The van der Waals surface area contributed by atoms with Crippen LogP contribution in [-0.2, 0) is 0 Å². The van der Waals surface area contributed by atoms with Crippen LogP contribution in [0.4, 0.5) is 5.69 Å². The van der Waals surface area contributed by atoms with Crippen LogP contribution >= 0.6 is 0 Å². The van der Waals surface area contributed by atoms with Gasteiger partial charge in [0.1, 0.15) is 5.75 Å². The fourth-order valence-corrected chi connectivity index (χ4v) is 1.42. The molecule has 6 nitrogen and oxygen atoms in total. The lowest BCUT2D eigenvalue weighted by molar-refractivity contribution is -0.385. The number of ether oxygens (including phenoxy) is 1. The summed E-state index contributed by atoms with van der Waals surface area (Å²) in [6, 6.07) is 4.32. The van der Waals surface area contributed by atoms with Gasteiger partial charge in [0.2, 0.25) is 0 Å². The third-order valence-electron chi connectivity index (χ3n) is 2.07. The molecule has 0 aliphatic carbocycles. The van der Waals surface area contributed by atoms with E-state index in [0.717, 1.165) is 0 Å². The minimum absolute atomic E-state index is 0.0267. The van der Waals surface area contributed by atoms with Crippen molar-refractivity contribution in [2.24, 2.45) is 0 Å². The molecule has 92 valence electrons. The molecule has 0 aromatic heterocycles. The van der Waals surface area contributed by atoms with Gasteiger partial charge in [-0.15, -0.1) is 0 Å². The number of rotatable bonds is 5. The molecule has 6 heteroatoms. The molecule has 1 aromatic rings. The van der Waals surface area contributed by atoms with Crippen LogP contribution in [-0.4, -0.2) is 24.0 Å². The predicted molar refractivity (Wildman–Crippen MR) is 62.3 cm³/mol. The normalized spacial score (nSPS) is 9.76. The highest BCUT2D eigenvalue weighted by Crippen LogP contribution is 2.28. The molecule has 0 unspecified atom stereocenters. The summed E-state index contributed by atoms with van der Waals surface area (Å²) in [7, 11) is 0. The monoisotopic (exact) mass is 238 g/mol. The molecule has 0 spiro atoms. The van der Waals surface area contributed by atoms with Crippen molar-refractivity contribution in [3.63, 3.8) is 0 Å². The molecule has 0 bridgehead atoms. The maximum atomic E-state index is 11.8. The van der Waals surface area contributed by atoms with Gasteiger partial charge in [-0.3, -0.25) is 14.9 Å². The molecule has 1 aromatic carbocycles. The van der Waals surface area contributed by atoms with Crippen LogP contribution < -0.4 is 10.1 Å². The molecular weight excluding hydrogens is 224 g/mol. The van der Waals surface area contributed by atoms with Gasteiger partial charge in [0.15, 0.2) is 5.56 Å². The van der Waals surface area contributed by atoms with Gasteiger partial charge in [-0.2, -0.15) is 0 Å². The maximum absolute atomic E-state index is 11.8. The minimum Gasteiger partial charge on any atom is -0.493 e. The number of amides is 1. The highest BCUT2D eigenvalue weighted by Gasteiger charge is 2.24. The predicted octanol–water partition coefficient (Wildman–Crippen LogP) is 1.74. The Morgan fingerprint density at radius 3 is 2.71 bits per heavy atom. The second-order valence-electron chi connectivity index (χ2n) is 3.20. The first-order valence-electron chi connectivity index (χ1n) is 5.30. The van der Waals surface area contributed by atoms with Crippen molar-refractivity contribution >= 4 is 11.6 Å². The third kappa shape index (κ3) is 2.93. The molecule has 17 heavy (non-hydrogen) atoms. The van der Waals surface area contributed by atoms with E-state index in [1.807, 2.05) is 0 Å². The number of nitro benzene ring substituents is 1. The molecule has 1 N–H and O–H groups in total. The van der Waals surface area contributed by atoms with E-state index in [2.05, 4.69) is 5.32 Å². The summed E-state index contributed by atoms with van der Waals surface area (Å²) in [5.41, 5.74) is -0.275. The van der Waals surface area contributed by atoms with Gasteiger partial charge >= 0.3 is 0 Å². The molecule has 0 aliphatic heterocycles. The quantitative estimate of drug-likeness (QED) is 0.625. The number of nitrogens with one attached hydrogen (secondary N) is 1. The standard InChI is InChI=1S/C11H14N2O4/c1-3-12-11(14)10-8(13(15)16)6-5-7-9(10)17-4-2/h5-7H,3-4H2,1-2H3,(H,12,14). The molecule has 0 atom stereocenters. The molecule has 0 aliphatic rings. The van der Waals surface area contributed by atoms with Gasteiger partial charge in [0.05, 0.1) is 11.5 Å². The number of carbonyl (C=O) groups is 1. The molecule has 1 rings (SSSR count). The van der Waals surface area contributed by atoms with Crippen LogP contribution in [0, 0.1) is 10.1 Å². The Hall–Kier alpha value is -2.11. The van der Waals surface area contributed by atoms with Crippen molar-refractivity contribution in [2.75, 3.05) is 13.2 Å². The summed E-state index contributed by atoms with van der Waals surface area (Å²) in [4.78, 5) is 22.0. The van der Waals surface area contributed by atoms with Crippen molar-refractivity contribution in [3.8, 4) is 5.75 Å². The summed E-state index contributed by atoms with van der Waals surface area (Å²) in [6.45, 7) is 4.23. The van der Waals surface area contributed by atoms with Crippen molar-refractivity contribution in [2.45, 2.75) is 13.8 Å². The number of carbonyl (C=O) groups excluding carboxylic acids is 1. The first kappa shape index (κ1) is 13.0. The van der Waals surface area contributed by atoms with E-state index >= 15 is 0 Å². The van der Waals surface area contributed by atoms with Crippen molar-refractivity contribution in [3.05, 3.63) is 33.9 Å². The van der Waals surface area contributed by atoms with E-state index in [0.29, 0.717) is 13.2 Å². The highest BCUT2D eigenvalue weighted by atomic mass is 16.6. The summed E-state index contributed by atoms with van der Waals surface area (Å²) < 4.78 is 5.23. The van der Waals surface area contributed by atoms with E-state index in [9.17, 15) is 14.9 Å². The molecule has 0 saturated heterocycles. The number of hydrogen-bond donors (Lipinski definition) is 1. The molecular formula is C11H14N2O4. The van der Waals surface area contributed by atoms with E-state index in [1.165, 1.54) is 12.1 Å². The zero-order valence-electron chi connectivity index (χ0n) is 9.73. The Morgan fingerprint density at radius 2 is 2.18 bits per heavy atom. The van der Waals surface area contributed by atoms with Crippen LogP contribution in [0.5, 0.6) is 5.75 Å². The first-order valence-corrected chi connectivity index (χ1v) is 5.30. The van der Waals surface area contributed by atoms with Gasteiger partial charge in [0.25, 0.3) is 11.6 Å². The fraction of sp³-hybridized carbons (Fsp3) is 0.364. The number of benzene rings is 1. The van der Waals surface area contributed by atoms with Crippen LogP contribution in [0.3, 0.4) is 0 Å². The first-order chi connectivity index (χ1) is 8.11. The van der Waals surface area contributed by atoms with Crippen molar-refractivity contribution < 1.29 is 14.5 Å². The molecule has 0 fully saturated rings. The molecule has 0 heterocycles. The third-order valence-corrected chi connectivity index (χ3v) is 2.07. The summed E-state index contributed by atoms with van der Waals surface area (Å²) in [5.74, 6) is -0.268. The number of hydrogen-bond acceptors (Lipinski definition) is 4. The Bertz CT molecular complexity index is 431. The van der Waals surface area contributed by atoms with E-state index in [-0.39, 0.29) is 17.0 Å². The largest absolute Gasteiger partial charge is 0.493 e. The summed E-state index contributed by atoms with van der Waals surface area (Å²) >= 11 is 0. The van der Waals surface area contributed by atoms with Crippen LogP contribution in [0.2, 0.25) is 0 Å². The van der Waals surface area contributed by atoms with Gasteiger partial charge < -0.3 is 10.1 Å². The zero-order chi connectivity index (χ0) is 12.8.